The average molecular weight is 213 g/mol. The average Bonchev–Trinajstić information content (AvgIpc) is 2.90. The highest BCUT2D eigenvalue weighted by molar-refractivity contribution is 5.92. The van der Waals surface area contributed by atoms with E-state index in [4.69, 9.17) is 0 Å². The van der Waals surface area contributed by atoms with Crippen molar-refractivity contribution >= 4 is 16.7 Å². The van der Waals surface area contributed by atoms with Gasteiger partial charge in [-0.25, -0.2) is 0 Å². The second-order valence-electron chi connectivity index (χ2n) is 4.21. The number of aromatic nitrogens is 1. The molecule has 0 spiro atoms. The highest BCUT2D eigenvalue weighted by Crippen LogP contribution is 2.20. The minimum Gasteiger partial charge on any atom is -0.372 e. The zero-order chi connectivity index (χ0) is 11.0. The van der Waals surface area contributed by atoms with Crippen LogP contribution in [0, 0.1) is 0 Å². The van der Waals surface area contributed by atoms with Gasteiger partial charge in [0, 0.05) is 37.1 Å². The second-order valence-corrected chi connectivity index (χ2v) is 4.21. The van der Waals surface area contributed by atoms with Crippen molar-refractivity contribution in [1.82, 2.24) is 9.88 Å². The summed E-state index contributed by atoms with van der Waals surface area (Å²) in [6.07, 6.45) is 3.12. The molecule has 1 aromatic heterocycles. The summed E-state index contributed by atoms with van der Waals surface area (Å²) < 4.78 is 2.18. The molecule has 0 aliphatic carbocycles. The summed E-state index contributed by atoms with van der Waals surface area (Å²) in [6.45, 7) is 1.90. The molecule has 1 N–H and O–H groups in total. The minimum atomic E-state index is 0.917. The first kappa shape index (κ1) is 9.46. The molecule has 3 nitrogen and oxygen atoms in total. The lowest BCUT2D eigenvalue weighted by Gasteiger charge is -2.00. The van der Waals surface area contributed by atoms with Crippen LogP contribution in [-0.2, 0) is 13.5 Å². The van der Waals surface area contributed by atoms with Crippen molar-refractivity contribution in [3.8, 4) is 0 Å². The van der Waals surface area contributed by atoms with Gasteiger partial charge >= 0.3 is 0 Å². The summed E-state index contributed by atoms with van der Waals surface area (Å²) in [5, 5.41) is 4.65. The van der Waals surface area contributed by atoms with E-state index in [1.165, 1.54) is 16.5 Å². The number of aryl methyl sites for hydroxylation is 1. The van der Waals surface area contributed by atoms with E-state index in [-0.39, 0.29) is 0 Å². The lowest BCUT2D eigenvalue weighted by molar-refractivity contribution is 0.947. The Balaban J connectivity index is 2.03. The smallest absolute Gasteiger partial charge is 0.101 e. The number of para-hydroxylation sites is 1. The van der Waals surface area contributed by atoms with Gasteiger partial charge in [-0.1, -0.05) is 18.2 Å². The van der Waals surface area contributed by atoms with Crippen molar-refractivity contribution in [3.63, 3.8) is 0 Å². The van der Waals surface area contributed by atoms with Crippen LogP contribution in [0.3, 0.4) is 0 Å². The maximum Gasteiger partial charge on any atom is 0.101 e. The molecule has 1 aromatic carbocycles. The zero-order valence-electron chi connectivity index (χ0n) is 9.40. The minimum absolute atomic E-state index is 0.917. The topological polar surface area (TPSA) is 29.3 Å². The van der Waals surface area contributed by atoms with Crippen LogP contribution < -0.4 is 5.32 Å². The van der Waals surface area contributed by atoms with Crippen molar-refractivity contribution in [1.29, 1.82) is 0 Å². The number of aliphatic imine (C=N–C) groups is 1. The molecule has 1 aliphatic heterocycles. The van der Waals surface area contributed by atoms with E-state index in [1.54, 1.807) is 0 Å². The Morgan fingerprint density at radius 2 is 2.25 bits per heavy atom. The predicted octanol–water partition coefficient (Wildman–Crippen LogP) is 1.72. The first-order valence-corrected chi connectivity index (χ1v) is 5.65. The number of nitrogens with zero attached hydrogens (tertiary/aromatic N) is 2. The van der Waals surface area contributed by atoms with E-state index in [1.807, 2.05) is 0 Å². The molecule has 0 amide bonds. The molecule has 0 atom stereocenters. The first-order valence-electron chi connectivity index (χ1n) is 5.65. The van der Waals surface area contributed by atoms with E-state index in [0.717, 1.165) is 25.3 Å². The Morgan fingerprint density at radius 3 is 3.06 bits per heavy atom. The summed E-state index contributed by atoms with van der Waals surface area (Å²) in [6, 6.07) is 8.51. The van der Waals surface area contributed by atoms with Crippen LogP contribution in [-0.4, -0.2) is 23.5 Å². The van der Waals surface area contributed by atoms with Crippen molar-refractivity contribution in [3.05, 3.63) is 36.0 Å². The number of fused-ring (bicyclic) bond motifs is 1. The van der Waals surface area contributed by atoms with Gasteiger partial charge in [-0.05, 0) is 11.6 Å². The van der Waals surface area contributed by atoms with Crippen molar-refractivity contribution in [2.75, 3.05) is 13.1 Å². The summed E-state index contributed by atoms with van der Waals surface area (Å²) in [4.78, 5) is 4.44. The van der Waals surface area contributed by atoms with Gasteiger partial charge in [0.1, 0.15) is 5.84 Å². The number of hydrogen-bond acceptors (Lipinski definition) is 2. The van der Waals surface area contributed by atoms with E-state index >= 15 is 0 Å². The maximum atomic E-state index is 4.44. The van der Waals surface area contributed by atoms with Crippen LogP contribution in [0.2, 0.25) is 0 Å². The molecule has 2 aromatic rings. The van der Waals surface area contributed by atoms with Crippen molar-refractivity contribution in [2.24, 2.45) is 12.0 Å². The summed E-state index contributed by atoms with van der Waals surface area (Å²) in [5.74, 6) is 1.12. The van der Waals surface area contributed by atoms with E-state index in [2.05, 4.69) is 52.4 Å². The van der Waals surface area contributed by atoms with Crippen LogP contribution >= 0.6 is 0 Å². The number of rotatable bonds is 2. The fourth-order valence-corrected chi connectivity index (χ4v) is 2.31. The van der Waals surface area contributed by atoms with Crippen molar-refractivity contribution < 1.29 is 0 Å². The first-order chi connectivity index (χ1) is 7.84. The lowest BCUT2D eigenvalue weighted by atomic mass is 10.1. The van der Waals surface area contributed by atoms with Gasteiger partial charge in [0.25, 0.3) is 0 Å². The zero-order valence-corrected chi connectivity index (χ0v) is 9.40. The fraction of sp³-hybridized carbons (Fsp3) is 0.308. The monoisotopic (exact) mass is 213 g/mol. The maximum absolute atomic E-state index is 4.44. The standard InChI is InChI=1S/C13H15N3/c1-16-9-10(8-13-14-6-7-15-13)11-4-2-3-5-12(11)16/h2-5,9H,6-8H2,1H3,(H,14,15). The van der Waals surface area contributed by atoms with E-state index < -0.39 is 0 Å². The van der Waals surface area contributed by atoms with Crippen LogP contribution in [0.15, 0.2) is 35.5 Å². The molecule has 0 radical (unpaired) electrons. The van der Waals surface area contributed by atoms with Crippen LogP contribution in [0.4, 0.5) is 0 Å². The summed E-state index contributed by atoms with van der Waals surface area (Å²) in [5.41, 5.74) is 2.64. The molecule has 82 valence electrons. The van der Waals surface area contributed by atoms with Gasteiger partial charge in [-0.15, -0.1) is 0 Å². The molecule has 0 saturated carbocycles. The molecule has 0 saturated heterocycles. The Bertz CT molecular complexity index is 551. The fourth-order valence-electron chi connectivity index (χ4n) is 2.31. The second kappa shape index (κ2) is 3.67. The largest absolute Gasteiger partial charge is 0.372 e. The van der Waals surface area contributed by atoms with Gasteiger partial charge < -0.3 is 9.88 Å². The summed E-state index contributed by atoms with van der Waals surface area (Å²) >= 11 is 0. The van der Waals surface area contributed by atoms with Crippen LogP contribution in [0.5, 0.6) is 0 Å². The highest BCUT2D eigenvalue weighted by Gasteiger charge is 2.10. The third-order valence-corrected chi connectivity index (χ3v) is 3.08. The molecule has 0 bridgehead atoms. The molecule has 16 heavy (non-hydrogen) atoms. The molecule has 3 rings (SSSR count). The van der Waals surface area contributed by atoms with Gasteiger partial charge in [-0.2, -0.15) is 0 Å². The third kappa shape index (κ3) is 1.48. The Labute approximate surface area is 94.8 Å². The number of nitrogens with one attached hydrogen (secondary N) is 1. The summed E-state index contributed by atoms with van der Waals surface area (Å²) in [7, 11) is 2.09. The van der Waals surface area contributed by atoms with E-state index in [0.29, 0.717) is 0 Å². The quantitative estimate of drug-likeness (QED) is 0.808. The van der Waals surface area contributed by atoms with Crippen molar-refractivity contribution in [2.45, 2.75) is 6.42 Å². The Morgan fingerprint density at radius 1 is 1.38 bits per heavy atom. The molecule has 2 heterocycles. The SMILES string of the molecule is Cn1cc(CC2=NCCN2)c2ccccc21. The van der Waals surface area contributed by atoms with Crippen LogP contribution in [0.1, 0.15) is 5.56 Å². The molecular formula is C13H15N3. The predicted molar refractivity (Wildman–Crippen MR) is 66.9 cm³/mol. The van der Waals surface area contributed by atoms with Gasteiger partial charge in [0.2, 0.25) is 0 Å². The van der Waals surface area contributed by atoms with Gasteiger partial charge in [-0.3, -0.25) is 4.99 Å². The Hall–Kier alpha value is -1.77. The number of hydrogen-bond donors (Lipinski definition) is 1. The van der Waals surface area contributed by atoms with Gasteiger partial charge in [0.15, 0.2) is 0 Å². The third-order valence-electron chi connectivity index (χ3n) is 3.08. The van der Waals surface area contributed by atoms with Crippen LogP contribution in [0.25, 0.3) is 10.9 Å². The van der Waals surface area contributed by atoms with E-state index in [9.17, 15) is 0 Å². The molecular weight excluding hydrogens is 198 g/mol. The highest BCUT2D eigenvalue weighted by atomic mass is 15.1. The normalized spacial score (nSPS) is 15.2. The molecule has 3 heteroatoms. The molecule has 0 fully saturated rings. The molecule has 0 unspecified atom stereocenters. The molecule has 1 aliphatic rings. The number of amidine groups is 1. The van der Waals surface area contributed by atoms with Gasteiger partial charge in [0.05, 0.1) is 6.54 Å². The Kier molecular flexibility index (Phi) is 2.17. The number of benzene rings is 1. The lowest BCUT2D eigenvalue weighted by Crippen LogP contribution is -2.20.